The predicted molar refractivity (Wildman–Crippen MR) is 68.1 cm³/mol. The van der Waals surface area contributed by atoms with E-state index in [0.29, 0.717) is 0 Å². The van der Waals surface area contributed by atoms with Gasteiger partial charge >= 0.3 is 0 Å². The van der Waals surface area contributed by atoms with E-state index in [1.165, 1.54) is 20.9 Å². The van der Waals surface area contributed by atoms with Crippen molar-refractivity contribution in [2.75, 3.05) is 0 Å². The number of rotatable bonds is 2. The lowest BCUT2D eigenvalue weighted by Crippen LogP contribution is -1.83. The van der Waals surface area contributed by atoms with Crippen molar-refractivity contribution in [2.24, 2.45) is 0 Å². The lowest BCUT2D eigenvalue weighted by Gasteiger charge is -1.98. The SMILES string of the molecule is Cc1cc(Cc2cccc(Cl)c2)sc1C. The molecular formula is C13H13ClS. The molecule has 2 heteroatoms. The van der Waals surface area contributed by atoms with Gasteiger partial charge in [-0.15, -0.1) is 11.3 Å². The summed E-state index contributed by atoms with van der Waals surface area (Å²) in [5, 5.41) is 0.817. The molecule has 1 aromatic heterocycles. The minimum absolute atomic E-state index is 0.817. The Bertz CT molecular complexity index is 452. The fourth-order valence-corrected chi connectivity index (χ4v) is 2.89. The molecule has 15 heavy (non-hydrogen) atoms. The van der Waals surface area contributed by atoms with Crippen molar-refractivity contribution in [3.8, 4) is 0 Å². The molecular weight excluding hydrogens is 224 g/mol. The summed E-state index contributed by atoms with van der Waals surface area (Å²) >= 11 is 7.82. The number of hydrogen-bond donors (Lipinski definition) is 0. The quantitative estimate of drug-likeness (QED) is 0.715. The first kappa shape index (κ1) is 10.7. The summed E-state index contributed by atoms with van der Waals surface area (Å²) in [6.07, 6.45) is 0.986. The Morgan fingerprint density at radius 2 is 2.00 bits per heavy atom. The minimum Gasteiger partial charge on any atom is -0.145 e. The summed E-state index contributed by atoms with van der Waals surface area (Å²) < 4.78 is 0. The van der Waals surface area contributed by atoms with E-state index in [1.807, 2.05) is 29.5 Å². The van der Waals surface area contributed by atoms with E-state index in [9.17, 15) is 0 Å². The van der Waals surface area contributed by atoms with E-state index >= 15 is 0 Å². The molecule has 0 fully saturated rings. The first-order chi connectivity index (χ1) is 7.15. The van der Waals surface area contributed by atoms with Gasteiger partial charge in [0.25, 0.3) is 0 Å². The van der Waals surface area contributed by atoms with E-state index < -0.39 is 0 Å². The summed E-state index contributed by atoms with van der Waals surface area (Å²) in [4.78, 5) is 2.82. The highest BCUT2D eigenvalue weighted by atomic mass is 35.5. The Hall–Kier alpha value is -0.790. The highest BCUT2D eigenvalue weighted by Gasteiger charge is 2.02. The molecule has 0 bridgehead atoms. The van der Waals surface area contributed by atoms with Gasteiger partial charge in [0.15, 0.2) is 0 Å². The molecule has 2 rings (SSSR count). The second-order valence-corrected chi connectivity index (χ2v) is 5.54. The Morgan fingerprint density at radius 3 is 2.60 bits per heavy atom. The van der Waals surface area contributed by atoms with Crippen LogP contribution in [0.5, 0.6) is 0 Å². The van der Waals surface area contributed by atoms with Crippen molar-refractivity contribution < 1.29 is 0 Å². The highest BCUT2D eigenvalue weighted by molar-refractivity contribution is 7.12. The highest BCUT2D eigenvalue weighted by Crippen LogP contribution is 2.24. The molecule has 0 nitrogen and oxygen atoms in total. The maximum atomic E-state index is 5.95. The average Bonchev–Trinajstić information content (AvgIpc) is 2.45. The van der Waals surface area contributed by atoms with Crippen LogP contribution in [0, 0.1) is 13.8 Å². The zero-order valence-electron chi connectivity index (χ0n) is 8.88. The Labute approximate surface area is 99.5 Å². The van der Waals surface area contributed by atoms with Gasteiger partial charge in [-0.3, -0.25) is 0 Å². The minimum atomic E-state index is 0.817. The predicted octanol–water partition coefficient (Wildman–Crippen LogP) is 4.61. The van der Waals surface area contributed by atoms with E-state index in [2.05, 4.69) is 26.0 Å². The van der Waals surface area contributed by atoms with Crippen LogP contribution in [-0.2, 0) is 6.42 Å². The largest absolute Gasteiger partial charge is 0.145 e. The molecule has 0 aliphatic heterocycles. The summed E-state index contributed by atoms with van der Waals surface area (Å²) in [6.45, 7) is 4.33. The summed E-state index contributed by atoms with van der Waals surface area (Å²) in [7, 11) is 0. The van der Waals surface area contributed by atoms with Gasteiger partial charge in [0.2, 0.25) is 0 Å². The number of benzene rings is 1. The third-order valence-electron chi connectivity index (χ3n) is 2.48. The molecule has 0 radical (unpaired) electrons. The number of halogens is 1. The molecule has 1 heterocycles. The topological polar surface area (TPSA) is 0 Å². The van der Waals surface area contributed by atoms with Gasteiger partial charge in [0.05, 0.1) is 0 Å². The van der Waals surface area contributed by atoms with Crippen molar-refractivity contribution in [2.45, 2.75) is 20.3 Å². The molecule has 1 aromatic carbocycles. The fourth-order valence-electron chi connectivity index (χ4n) is 1.58. The molecule has 78 valence electrons. The third-order valence-corrected chi connectivity index (χ3v) is 3.87. The second-order valence-electron chi connectivity index (χ2n) is 3.76. The van der Waals surface area contributed by atoms with E-state index in [0.717, 1.165) is 11.4 Å². The smallest absolute Gasteiger partial charge is 0.0408 e. The number of thiophene rings is 1. The Morgan fingerprint density at radius 1 is 1.20 bits per heavy atom. The van der Waals surface area contributed by atoms with Crippen molar-refractivity contribution >= 4 is 22.9 Å². The second kappa shape index (κ2) is 4.38. The monoisotopic (exact) mass is 236 g/mol. The van der Waals surface area contributed by atoms with Gasteiger partial charge in [-0.2, -0.15) is 0 Å². The fraction of sp³-hybridized carbons (Fsp3) is 0.231. The lowest BCUT2D eigenvalue weighted by atomic mass is 10.1. The van der Waals surface area contributed by atoms with Crippen molar-refractivity contribution in [1.29, 1.82) is 0 Å². The van der Waals surface area contributed by atoms with Gasteiger partial charge in [-0.05, 0) is 43.2 Å². The van der Waals surface area contributed by atoms with E-state index in [4.69, 9.17) is 11.6 Å². The van der Waals surface area contributed by atoms with Crippen LogP contribution in [0.4, 0.5) is 0 Å². The summed E-state index contributed by atoms with van der Waals surface area (Å²) in [6, 6.07) is 10.3. The van der Waals surface area contributed by atoms with Crippen LogP contribution >= 0.6 is 22.9 Å². The number of aryl methyl sites for hydroxylation is 2. The van der Waals surface area contributed by atoms with E-state index in [1.54, 1.807) is 0 Å². The van der Waals surface area contributed by atoms with Crippen LogP contribution in [0.25, 0.3) is 0 Å². The molecule has 0 aliphatic rings. The van der Waals surface area contributed by atoms with Crippen LogP contribution in [0.15, 0.2) is 30.3 Å². The molecule has 0 saturated heterocycles. The first-order valence-electron chi connectivity index (χ1n) is 4.95. The van der Waals surface area contributed by atoms with Crippen LogP contribution in [0.2, 0.25) is 5.02 Å². The van der Waals surface area contributed by atoms with Gasteiger partial charge in [-0.25, -0.2) is 0 Å². The number of hydrogen-bond acceptors (Lipinski definition) is 1. The van der Waals surface area contributed by atoms with Crippen molar-refractivity contribution in [1.82, 2.24) is 0 Å². The standard InChI is InChI=1S/C13H13ClS/c1-9-6-13(15-10(9)2)8-11-4-3-5-12(14)7-11/h3-7H,8H2,1-2H3. The normalized spacial score (nSPS) is 10.6. The molecule has 0 spiro atoms. The lowest BCUT2D eigenvalue weighted by molar-refractivity contribution is 1.24. The summed E-state index contributed by atoms with van der Waals surface area (Å²) in [5.41, 5.74) is 2.67. The zero-order valence-corrected chi connectivity index (χ0v) is 10.5. The first-order valence-corrected chi connectivity index (χ1v) is 6.15. The molecule has 0 N–H and O–H groups in total. The molecule has 0 atom stereocenters. The van der Waals surface area contributed by atoms with E-state index in [-0.39, 0.29) is 0 Å². The summed E-state index contributed by atoms with van der Waals surface area (Å²) in [5.74, 6) is 0. The molecule has 0 saturated carbocycles. The Balaban J connectivity index is 2.22. The third kappa shape index (κ3) is 2.61. The zero-order chi connectivity index (χ0) is 10.8. The molecule has 0 unspecified atom stereocenters. The van der Waals surface area contributed by atoms with Crippen LogP contribution in [0.1, 0.15) is 20.9 Å². The van der Waals surface area contributed by atoms with Crippen molar-refractivity contribution in [3.05, 3.63) is 56.2 Å². The average molecular weight is 237 g/mol. The maximum absolute atomic E-state index is 5.95. The van der Waals surface area contributed by atoms with Gasteiger partial charge in [0.1, 0.15) is 0 Å². The van der Waals surface area contributed by atoms with Gasteiger partial charge in [0, 0.05) is 21.2 Å². The molecule has 0 aliphatic carbocycles. The van der Waals surface area contributed by atoms with Crippen molar-refractivity contribution in [3.63, 3.8) is 0 Å². The molecule has 2 aromatic rings. The van der Waals surface area contributed by atoms with Crippen LogP contribution in [-0.4, -0.2) is 0 Å². The van der Waals surface area contributed by atoms with Gasteiger partial charge < -0.3 is 0 Å². The Kier molecular flexibility index (Phi) is 3.13. The van der Waals surface area contributed by atoms with Gasteiger partial charge in [-0.1, -0.05) is 23.7 Å². The van der Waals surface area contributed by atoms with Crippen LogP contribution in [0.3, 0.4) is 0 Å². The molecule has 0 amide bonds. The van der Waals surface area contributed by atoms with Crippen LogP contribution < -0.4 is 0 Å². The maximum Gasteiger partial charge on any atom is 0.0408 e.